The molecule has 0 aromatic carbocycles. The molecule has 1 aliphatic carbocycles. The van der Waals surface area contributed by atoms with Gasteiger partial charge in [-0.3, -0.25) is 9.59 Å². The molecule has 29 heavy (non-hydrogen) atoms. The first-order valence-electron chi connectivity index (χ1n) is 9.20. The summed E-state index contributed by atoms with van der Waals surface area (Å²) in [6.45, 7) is 9.47. The number of rotatable bonds is 10. The van der Waals surface area contributed by atoms with Crippen molar-refractivity contribution in [3.05, 3.63) is 11.1 Å². The zero-order valence-electron chi connectivity index (χ0n) is 18.3. The van der Waals surface area contributed by atoms with Crippen LogP contribution >= 0.6 is 0 Å². The van der Waals surface area contributed by atoms with Crippen LogP contribution in [-0.2, 0) is 28.7 Å². The monoisotopic (exact) mass is 420 g/mol. The van der Waals surface area contributed by atoms with Gasteiger partial charge in [0.15, 0.2) is 0 Å². The van der Waals surface area contributed by atoms with Gasteiger partial charge in [0, 0.05) is 17.0 Å². The second kappa shape index (κ2) is 10.1. The van der Waals surface area contributed by atoms with Crippen molar-refractivity contribution in [3.63, 3.8) is 0 Å². The number of carboxylic acid groups (broad SMARTS) is 2. The molecular formula is C20H29NaO8. The van der Waals surface area contributed by atoms with Gasteiger partial charge in [-0.05, 0) is 53.9 Å². The molecule has 0 amide bonds. The van der Waals surface area contributed by atoms with Crippen LogP contribution < -0.4 is 34.7 Å². The number of carbonyl (C=O) groups excluding carboxylic acids is 3. The number of hydrogen-bond acceptors (Lipinski definition) is 7. The maximum absolute atomic E-state index is 12.4. The first-order valence-corrected chi connectivity index (χ1v) is 9.20. The van der Waals surface area contributed by atoms with Gasteiger partial charge in [-0.2, -0.15) is 0 Å². The third-order valence-corrected chi connectivity index (χ3v) is 5.70. The van der Waals surface area contributed by atoms with Gasteiger partial charge in [0.1, 0.15) is 13.2 Å². The molecule has 2 atom stereocenters. The normalized spacial score (nSPS) is 22.7. The average Bonchev–Trinajstić information content (AvgIpc) is 3.27. The van der Waals surface area contributed by atoms with Crippen LogP contribution in [0.5, 0.6) is 0 Å². The van der Waals surface area contributed by atoms with E-state index in [-0.39, 0.29) is 62.0 Å². The van der Waals surface area contributed by atoms with E-state index in [0.717, 1.165) is 5.57 Å². The SMILES string of the molecule is CCC1(C(=O)O)CC1(CC(C)(C)C(=O)OCCOC(=O)C(C)=C(C)C)C(=O)[O-].[Na+]. The summed E-state index contributed by atoms with van der Waals surface area (Å²) in [4.78, 5) is 47.5. The van der Waals surface area contributed by atoms with E-state index in [2.05, 4.69) is 0 Å². The molecule has 9 heteroatoms. The van der Waals surface area contributed by atoms with Gasteiger partial charge in [-0.15, -0.1) is 0 Å². The van der Waals surface area contributed by atoms with Gasteiger partial charge in [0.2, 0.25) is 0 Å². The second-order valence-corrected chi connectivity index (χ2v) is 8.24. The maximum atomic E-state index is 12.4. The third-order valence-electron chi connectivity index (χ3n) is 5.70. The van der Waals surface area contributed by atoms with Crippen LogP contribution in [-0.4, -0.2) is 42.2 Å². The summed E-state index contributed by atoms with van der Waals surface area (Å²) in [5.41, 5.74) is -2.99. The molecule has 2 unspecified atom stereocenters. The minimum atomic E-state index is -1.61. The first kappa shape index (κ1) is 27.6. The van der Waals surface area contributed by atoms with Crippen LogP contribution in [0.3, 0.4) is 0 Å². The smallest absolute Gasteiger partial charge is 0.550 e. The van der Waals surface area contributed by atoms with E-state index in [0.29, 0.717) is 5.57 Å². The van der Waals surface area contributed by atoms with E-state index in [1.807, 2.05) is 0 Å². The Morgan fingerprint density at radius 2 is 1.55 bits per heavy atom. The van der Waals surface area contributed by atoms with E-state index in [9.17, 15) is 29.4 Å². The fraction of sp³-hybridized carbons (Fsp3) is 0.700. The molecule has 1 aliphatic rings. The molecule has 1 N–H and O–H groups in total. The van der Waals surface area contributed by atoms with Crippen molar-refractivity contribution >= 4 is 23.9 Å². The van der Waals surface area contributed by atoms with Crippen molar-refractivity contribution in [2.24, 2.45) is 16.2 Å². The predicted octanol–water partition coefficient (Wildman–Crippen LogP) is -1.53. The summed E-state index contributed by atoms with van der Waals surface area (Å²) in [6, 6.07) is 0. The summed E-state index contributed by atoms with van der Waals surface area (Å²) < 4.78 is 10.1. The van der Waals surface area contributed by atoms with Gasteiger partial charge in [-0.1, -0.05) is 12.5 Å². The van der Waals surface area contributed by atoms with E-state index in [4.69, 9.17) is 9.47 Å². The predicted molar refractivity (Wildman–Crippen MR) is 96.8 cm³/mol. The molecule has 0 heterocycles. The van der Waals surface area contributed by atoms with Crippen molar-refractivity contribution in [1.29, 1.82) is 0 Å². The Hall–Kier alpha value is -1.38. The van der Waals surface area contributed by atoms with Crippen LogP contribution in [0.1, 0.15) is 60.8 Å². The van der Waals surface area contributed by atoms with Gasteiger partial charge in [-0.25, -0.2) is 4.79 Å². The molecule has 0 saturated heterocycles. The average molecular weight is 420 g/mol. The van der Waals surface area contributed by atoms with E-state index >= 15 is 0 Å². The van der Waals surface area contributed by atoms with Gasteiger partial charge < -0.3 is 24.5 Å². The summed E-state index contributed by atoms with van der Waals surface area (Å²) in [7, 11) is 0. The molecule has 1 fully saturated rings. The van der Waals surface area contributed by atoms with Crippen LogP contribution in [0.2, 0.25) is 0 Å². The minimum absolute atomic E-state index is 0. The summed E-state index contributed by atoms with van der Waals surface area (Å²) in [5.74, 6) is -3.86. The molecule has 1 saturated carbocycles. The number of hydrogen-bond donors (Lipinski definition) is 1. The number of esters is 2. The molecule has 0 aromatic heterocycles. The van der Waals surface area contributed by atoms with Crippen LogP contribution in [0, 0.1) is 16.2 Å². The van der Waals surface area contributed by atoms with Gasteiger partial charge >= 0.3 is 47.5 Å². The Bertz CT molecular complexity index is 707. The third kappa shape index (κ3) is 5.61. The molecule has 158 valence electrons. The molecule has 0 aromatic rings. The standard InChI is InChI=1S/C20H30O8.Na/c1-7-19(15(22)23)11-20(19,16(24)25)10-18(5,6)17(26)28-9-8-27-14(21)13(4)12(2)3;/h7-11H2,1-6H3,(H,22,23)(H,24,25);/q;+1/p-1. The van der Waals surface area contributed by atoms with Crippen molar-refractivity contribution in [1.82, 2.24) is 0 Å². The van der Waals surface area contributed by atoms with E-state index in [1.54, 1.807) is 27.7 Å². The fourth-order valence-electron chi connectivity index (χ4n) is 3.54. The van der Waals surface area contributed by atoms with Crippen LogP contribution in [0.15, 0.2) is 11.1 Å². The van der Waals surface area contributed by atoms with Gasteiger partial charge in [0.05, 0.1) is 10.8 Å². The Balaban J connectivity index is 0.00000784. The van der Waals surface area contributed by atoms with Gasteiger partial charge in [0.25, 0.3) is 0 Å². The molecule has 1 rings (SSSR count). The number of carbonyl (C=O) groups is 4. The number of allylic oxidation sites excluding steroid dienone is 1. The molecule has 0 spiro atoms. The Labute approximate surface area is 193 Å². The quantitative estimate of drug-likeness (QED) is 0.195. The zero-order chi connectivity index (χ0) is 21.9. The number of ether oxygens (including phenoxy) is 2. The summed E-state index contributed by atoms with van der Waals surface area (Å²) >= 11 is 0. The molecule has 0 radical (unpaired) electrons. The number of aliphatic carboxylic acids is 2. The summed E-state index contributed by atoms with van der Waals surface area (Å²) in [6.07, 6.45) is -0.163. The van der Waals surface area contributed by atoms with Crippen molar-refractivity contribution < 1.29 is 68.4 Å². The Morgan fingerprint density at radius 1 is 1.03 bits per heavy atom. The summed E-state index contributed by atoms with van der Waals surface area (Å²) in [5, 5.41) is 21.2. The minimum Gasteiger partial charge on any atom is -0.550 e. The molecule has 0 bridgehead atoms. The van der Waals surface area contributed by atoms with Crippen LogP contribution in [0.4, 0.5) is 0 Å². The zero-order valence-corrected chi connectivity index (χ0v) is 20.3. The first-order chi connectivity index (χ1) is 12.8. The van der Waals surface area contributed by atoms with E-state index in [1.165, 1.54) is 13.8 Å². The van der Waals surface area contributed by atoms with E-state index < -0.39 is 40.1 Å². The molecular weight excluding hydrogens is 391 g/mol. The van der Waals surface area contributed by atoms with Crippen molar-refractivity contribution in [3.8, 4) is 0 Å². The molecule has 0 aliphatic heterocycles. The van der Waals surface area contributed by atoms with Crippen LogP contribution in [0.25, 0.3) is 0 Å². The topological polar surface area (TPSA) is 130 Å². The molecule has 8 nitrogen and oxygen atoms in total. The Morgan fingerprint density at radius 3 is 1.93 bits per heavy atom. The fourth-order valence-corrected chi connectivity index (χ4v) is 3.54. The van der Waals surface area contributed by atoms with Crippen molar-refractivity contribution in [2.75, 3.05) is 13.2 Å². The van der Waals surface area contributed by atoms with Crippen molar-refractivity contribution in [2.45, 2.75) is 60.8 Å². The largest absolute Gasteiger partial charge is 1.00 e. The number of carboxylic acids is 2. The Kier molecular flexibility index (Phi) is 9.61. The maximum Gasteiger partial charge on any atom is 1.00 e. The second-order valence-electron chi connectivity index (χ2n) is 8.24.